The van der Waals surface area contributed by atoms with Crippen molar-refractivity contribution in [3.05, 3.63) is 40.6 Å². The molecule has 0 saturated carbocycles. The molecule has 1 atom stereocenters. The number of aromatic nitrogens is 2. The van der Waals surface area contributed by atoms with E-state index < -0.39 is 6.55 Å². The molecule has 2 aromatic rings. The van der Waals surface area contributed by atoms with Crippen LogP contribution in [0.15, 0.2) is 34.2 Å². The van der Waals surface area contributed by atoms with E-state index in [0.29, 0.717) is 25.0 Å². The van der Waals surface area contributed by atoms with Crippen molar-refractivity contribution < 1.29 is 8.78 Å². The topological polar surface area (TPSA) is 54.2 Å². The van der Waals surface area contributed by atoms with Crippen molar-refractivity contribution in [1.82, 2.24) is 20.2 Å². The molecule has 8 heteroatoms. The molecule has 1 unspecified atom stereocenters. The Labute approximate surface area is 138 Å². The van der Waals surface area contributed by atoms with E-state index >= 15 is 0 Å². The van der Waals surface area contributed by atoms with Crippen molar-refractivity contribution in [1.29, 1.82) is 0 Å². The van der Waals surface area contributed by atoms with Gasteiger partial charge < -0.3 is 10.6 Å². The molecule has 0 fully saturated rings. The summed E-state index contributed by atoms with van der Waals surface area (Å²) in [6, 6.07) is 2.10. The average Bonchev–Trinajstić information content (AvgIpc) is 3.20. The van der Waals surface area contributed by atoms with Crippen molar-refractivity contribution in [2.75, 3.05) is 13.1 Å². The van der Waals surface area contributed by atoms with Gasteiger partial charge in [0.05, 0.1) is 0 Å². The number of rotatable bonds is 7. The zero-order valence-electron chi connectivity index (χ0n) is 13.2. The quantitative estimate of drug-likeness (QED) is 0.601. The first-order chi connectivity index (χ1) is 11.1. The average molecular weight is 341 g/mol. The summed E-state index contributed by atoms with van der Waals surface area (Å²) in [5, 5.41) is 10.5. The molecular formula is C15H21F2N5S. The maximum Gasteiger partial charge on any atom is 0.319 e. The predicted octanol–water partition coefficient (Wildman–Crippen LogP) is 3.20. The number of hydrogen-bond donors (Lipinski definition) is 2. The van der Waals surface area contributed by atoms with Crippen LogP contribution in [0, 0.1) is 0 Å². The molecule has 0 aliphatic rings. The lowest BCUT2D eigenvalue weighted by atomic mass is 10.1. The summed E-state index contributed by atoms with van der Waals surface area (Å²) < 4.78 is 26.4. The molecule has 2 N–H and O–H groups in total. The van der Waals surface area contributed by atoms with Gasteiger partial charge in [0.2, 0.25) is 0 Å². The summed E-state index contributed by atoms with van der Waals surface area (Å²) >= 11 is 1.67. The van der Waals surface area contributed by atoms with E-state index in [1.165, 1.54) is 18.0 Å². The zero-order chi connectivity index (χ0) is 16.7. The second-order valence-corrected chi connectivity index (χ2v) is 5.84. The minimum absolute atomic E-state index is 0.0967. The van der Waals surface area contributed by atoms with E-state index in [0.717, 1.165) is 4.57 Å². The Bertz CT molecular complexity index is 609. The number of nitrogens with one attached hydrogen (secondary N) is 2. The number of halogens is 2. The van der Waals surface area contributed by atoms with Crippen LogP contribution >= 0.6 is 11.3 Å². The molecule has 0 aliphatic carbocycles. The highest BCUT2D eigenvalue weighted by molar-refractivity contribution is 7.07. The summed E-state index contributed by atoms with van der Waals surface area (Å²) in [5.41, 5.74) is 1.27. The summed E-state index contributed by atoms with van der Waals surface area (Å²) in [7, 11) is 0. The molecule has 5 nitrogen and oxygen atoms in total. The molecule has 126 valence electrons. The number of aliphatic imine (C=N–C) groups is 1. The van der Waals surface area contributed by atoms with E-state index in [1.807, 2.05) is 6.92 Å². The van der Waals surface area contributed by atoms with Crippen LogP contribution < -0.4 is 10.6 Å². The Morgan fingerprint density at radius 3 is 2.91 bits per heavy atom. The van der Waals surface area contributed by atoms with Crippen LogP contribution in [0.2, 0.25) is 0 Å². The highest BCUT2D eigenvalue weighted by Gasteiger charge is 2.11. The van der Waals surface area contributed by atoms with Crippen LogP contribution in [-0.4, -0.2) is 28.6 Å². The summed E-state index contributed by atoms with van der Waals surface area (Å²) in [5.74, 6) is 1.18. The lowest BCUT2D eigenvalue weighted by molar-refractivity contribution is 0.0671. The first kappa shape index (κ1) is 17.4. The molecule has 0 amide bonds. The van der Waals surface area contributed by atoms with Gasteiger partial charge in [-0.05, 0) is 35.2 Å². The second-order valence-electron chi connectivity index (χ2n) is 5.06. The van der Waals surface area contributed by atoms with Gasteiger partial charge in [-0.15, -0.1) is 0 Å². The minimum atomic E-state index is -2.60. The Balaban J connectivity index is 1.95. The van der Waals surface area contributed by atoms with Crippen molar-refractivity contribution in [2.45, 2.75) is 32.9 Å². The van der Waals surface area contributed by atoms with Gasteiger partial charge >= 0.3 is 6.55 Å². The zero-order valence-corrected chi connectivity index (χ0v) is 14.0. The van der Waals surface area contributed by atoms with Gasteiger partial charge in [0.15, 0.2) is 5.96 Å². The smallest absolute Gasteiger partial charge is 0.319 e. The van der Waals surface area contributed by atoms with Gasteiger partial charge in [-0.25, -0.2) is 9.98 Å². The van der Waals surface area contributed by atoms with Crippen molar-refractivity contribution in [2.24, 2.45) is 4.99 Å². The third-order valence-electron chi connectivity index (χ3n) is 3.37. The predicted molar refractivity (Wildman–Crippen MR) is 89.0 cm³/mol. The van der Waals surface area contributed by atoms with Crippen LogP contribution in [0.3, 0.4) is 0 Å². The van der Waals surface area contributed by atoms with E-state index in [9.17, 15) is 8.78 Å². The van der Waals surface area contributed by atoms with Gasteiger partial charge in [-0.1, -0.05) is 6.92 Å². The van der Waals surface area contributed by atoms with Crippen LogP contribution in [0.5, 0.6) is 0 Å². The molecule has 2 heterocycles. The van der Waals surface area contributed by atoms with E-state index in [1.54, 1.807) is 11.3 Å². The van der Waals surface area contributed by atoms with Crippen LogP contribution in [-0.2, 0) is 6.54 Å². The molecule has 23 heavy (non-hydrogen) atoms. The number of imidazole rings is 1. The summed E-state index contributed by atoms with van der Waals surface area (Å²) in [6.45, 7) is 2.99. The Hall–Kier alpha value is -1.96. The minimum Gasteiger partial charge on any atom is -0.357 e. The number of thiophene rings is 1. The van der Waals surface area contributed by atoms with Gasteiger partial charge in [0.25, 0.3) is 0 Å². The summed E-state index contributed by atoms with van der Waals surface area (Å²) in [4.78, 5) is 8.26. The van der Waals surface area contributed by atoms with Crippen LogP contribution in [0.25, 0.3) is 0 Å². The highest BCUT2D eigenvalue weighted by atomic mass is 32.1. The van der Waals surface area contributed by atoms with Gasteiger partial charge in [0, 0.05) is 25.5 Å². The molecular weight excluding hydrogens is 320 g/mol. The third kappa shape index (κ3) is 5.02. The summed E-state index contributed by atoms with van der Waals surface area (Å²) in [6.07, 6.45) is 2.62. The number of hydrogen-bond acceptors (Lipinski definition) is 3. The SMILES string of the molecule is CCNC(=NCc1nccn1C(F)F)NCC(C)c1ccsc1. The van der Waals surface area contributed by atoms with Crippen molar-refractivity contribution in [3.8, 4) is 0 Å². The molecule has 0 aliphatic heterocycles. The molecule has 2 aromatic heterocycles. The lowest BCUT2D eigenvalue weighted by Gasteiger charge is -2.15. The van der Waals surface area contributed by atoms with Crippen LogP contribution in [0.1, 0.15) is 37.7 Å². The van der Waals surface area contributed by atoms with Crippen molar-refractivity contribution >= 4 is 17.3 Å². The fraction of sp³-hybridized carbons (Fsp3) is 0.467. The molecule has 0 spiro atoms. The number of guanidine groups is 1. The van der Waals surface area contributed by atoms with Gasteiger partial charge in [-0.2, -0.15) is 20.1 Å². The van der Waals surface area contributed by atoms with Gasteiger partial charge in [-0.3, -0.25) is 4.57 Å². The van der Waals surface area contributed by atoms with E-state index in [-0.39, 0.29) is 12.4 Å². The largest absolute Gasteiger partial charge is 0.357 e. The van der Waals surface area contributed by atoms with Gasteiger partial charge in [0.1, 0.15) is 12.4 Å². The maximum absolute atomic E-state index is 12.8. The normalized spacial score (nSPS) is 13.3. The van der Waals surface area contributed by atoms with E-state index in [4.69, 9.17) is 0 Å². The Morgan fingerprint density at radius 1 is 1.43 bits per heavy atom. The first-order valence-electron chi connectivity index (χ1n) is 7.46. The molecule has 0 bridgehead atoms. The monoisotopic (exact) mass is 341 g/mol. The van der Waals surface area contributed by atoms with Crippen LogP contribution in [0.4, 0.5) is 8.78 Å². The third-order valence-corrected chi connectivity index (χ3v) is 4.07. The second kappa shape index (κ2) is 8.61. The number of nitrogens with zero attached hydrogens (tertiary/aromatic N) is 3. The van der Waals surface area contributed by atoms with Crippen molar-refractivity contribution in [3.63, 3.8) is 0 Å². The highest BCUT2D eigenvalue weighted by Crippen LogP contribution is 2.17. The fourth-order valence-corrected chi connectivity index (χ4v) is 2.84. The first-order valence-corrected chi connectivity index (χ1v) is 8.40. The number of alkyl halides is 2. The lowest BCUT2D eigenvalue weighted by Crippen LogP contribution is -2.39. The maximum atomic E-state index is 12.8. The molecule has 0 aromatic carbocycles. The fourth-order valence-electron chi connectivity index (χ4n) is 2.06. The molecule has 0 saturated heterocycles. The molecule has 2 rings (SSSR count). The Kier molecular flexibility index (Phi) is 6.52. The molecule has 0 radical (unpaired) electrons. The Morgan fingerprint density at radius 2 is 2.26 bits per heavy atom. The van der Waals surface area contributed by atoms with E-state index in [2.05, 4.69) is 44.4 Å². The standard InChI is InChI=1S/C15H21F2N5S/c1-3-18-15(20-8-11(2)12-4-7-23-10-12)21-9-13-19-5-6-22(13)14(16)17/h4-7,10-11,14H,3,8-9H2,1-2H3,(H2,18,20,21).